The molecule has 3 aromatic rings. The van der Waals surface area contributed by atoms with Crippen LogP contribution in [0.2, 0.25) is 0 Å². The van der Waals surface area contributed by atoms with Crippen LogP contribution in [0.1, 0.15) is 32.2 Å². The fourth-order valence-electron chi connectivity index (χ4n) is 4.64. The van der Waals surface area contributed by atoms with Gasteiger partial charge >= 0.3 is 0 Å². The molecule has 30 heavy (non-hydrogen) atoms. The van der Waals surface area contributed by atoms with E-state index in [0.29, 0.717) is 27.7 Å². The predicted molar refractivity (Wildman–Crippen MR) is 118 cm³/mol. The third kappa shape index (κ3) is 2.94. The summed E-state index contributed by atoms with van der Waals surface area (Å²) < 4.78 is 25.8. The monoisotopic (exact) mass is 432 g/mol. The van der Waals surface area contributed by atoms with E-state index in [4.69, 9.17) is 4.74 Å². The maximum atomic E-state index is 15.4. The van der Waals surface area contributed by atoms with Gasteiger partial charge in [-0.25, -0.2) is 4.39 Å². The van der Waals surface area contributed by atoms with Crippen molar-refractivity contribution in [1.29, 1.82) is 0 Å². The molecule has 1 aliphatic carbocycles. The molecular weight excluding hydrogens is 407 g/mol. The van der Waals surface area contributed by atoms with Crippen molar-refractivity contribution >= 4 is 38.3 Å². The molecule has 0 amide bonds. The van der Waals surface area contributed by atoms with Gasteiger partial charge in [-0.3, -0.25) is 14.0 Å². The molecule has 7 nitrogen and oxygen atoms in total. The largest absolute Gasteiger partial charge is 0.492 e. The first kappa shape index (κ1) is 19.6. The number of aromatic nitrogens is 2. The molecule has 1 saturated heterocycles. The summed E-state index contributed by atoms with van der Waals surface area (Å²) in [7, 11) is 1.52. The van der Waals surface area contributed by atoms with Crippen molar-refractivity contribution in [3.05, 3.63) is 32.5 Å². The predicted octanol–water partition coefficient (Wildman–Crippen LogP) is 2.82. The number of nitrogens with zero attached hydrogens (tertiary/aromatic N) is 2. The molecule has 160 valence electrons. The topological polar surface area (TPSA) is 79.4 Å². The van der Waals surface area contributed by atoms with Gasteiger partial charge in [0.1, 0.15) is 15.9 Å². The molecule has 1 aliphatic heterocycles. The van der Waals surface area contributed by atoms with Crippen LogP contribution in [-0.2, 0) is 0 Å². The highest BCUT2D eigenvalue weighted by atomic mass is 32.1. The van der Waals surface area contributed by atoms with Gasteiger partial charge in [0.2, 0.25) is 5.43 Å². The normalized spacial score (nSPS) is 19.3. The maximum absolute atomic E-state index is 15.4. The highest BCUT2D eigenvalue weighted by molar-refractivity contribution is 7.12. The molecule has 0 bridgehead atoms. The number of methoxy groups -OCH3 is 1. The first-order valence-corrected chi connectivity index (χ1v) is 11.3. The van der Waals surface area contributed by atoms with Crippen molar-refractivity contribution in [1.82, 2.24) is 14.3 Å². The van der Waals surface area contributed by atoms with E-state index < -0.39 is 16.8 Å². The molecule has 2 fully saturated rings. The lowest BCUT2D eigenvalue weighted by Gasteiger charge is -2.25. The summed E-state index contributed by atoms with van der Waals surface area (Å²) in [5, 5.41) is 3.69. The second-order valence-corrected chi connectivity index (χ2v) is 8.98. The second-order valence-electron chi connectivity index (χ2n) is 8.19. The maximum Gasteiger partial charge on any atom is 0.271 e. The van der Waals surface area contributed by atoms with Crippen LogP contribution in [0.25, 0.3) is 21.1 Å². The number of anilines is 1. The van der Waals surface area contributed by atoms with Gasteiger partial charge in [0.05, 0.1) is 18.0 Å². The van der Waals surface area contributed by atoms with Crippen LogP contribution in [0.4, 0.5) is 10.1 Å². The molecule has 9 heteroatoms. The molecule has 2 aromatic heterocycles. The van der Waals surface area contributed by atoms with E-state index in [1.165, 1.54) is 13.2 Å². The standard InChI is InChI=1S/C21H25FN4O3S/c1-3-23-9-11-6-7-25(10-11)17-14(22)8-13-16(19(17)29-2)26(12-4-5-12)21-15(18(13)27)20(28)24-30-21/h8,11-12,23H,3-7,9-10H2,1-2H3,(H,24,28)/t11-/m0/s1. The molecule has 3 heterocycles. The van der Waals surface area contributed by atoms with Crippen molar-refractivity contribution in [2.45, 2.75) is 32.2 Å². The van der Waals surface area contributed by atoms with E-state index >= 15 is 4.39 Å². The third-order valence-electron chi connectivity index (χ3n) is 6.20. The summed E-state index contributed by atoms with van der Waals surface area (Å²) in [6.45, 7) is 5.36. The minimum Gasteiger partial charge on any atom is -0.492 e. The summed E-state index contributed by atoms with van der Waals surface area (Å²) in [6.07, 6.45) is 2.90. The van der Waals surface area contributed by atoms with Crippen LogP contribution in [0.3, 0.4) is 0 Å². The number of pyridine rings is 1. The Balaban J connectivity index is 1.75. The minimum absolute atomic E-state index is 0.112. The van der Waals surface area contributed by atoms with Crippen molar-refractivity contribution in [2.75, 3.05) is 38.2 Å². The summed E-state index contributed by atoms with van der Waals surface area (Å²) >= 11 is 1.16. The van der Waals surface area contributed by atoms with Crippen LogP contribution < -0.4 is 25.9 Å². The first-order chi connectivity index (χ1) is 14.5. The number of fused-ring (bicyclic) bond motifs is 2. The Morgan fingerprint density at radius 1 is 1.33 bits per heavy atom. The Kier molecular flexibility index (Phi) is 4.82. The summed E-state index contributed by atoms with van der Waals surface area (Å²) in [6, 6.07) is 1.48. The number of hydrogen-bond donors (Lipinski definition) is 2. The number of hydrogen-bond acceptors (Lipinski definition) is 6. The number of rotatable bonds is 6. The molecule has 2 aliphatic rings. The van der Waals surface area contributed by atoms with Gasteiger partial charge in [0, 0.05) is 19.1 Å². The zero-order chi connectivity index (χ0) is 21.0. The van der Waals surface area contributed by atoms with E-state index in [2.05, 4.69) is 16.6 Å². The lowest BCUT2D eigenvalue weighted by molar-refractivity contribution is 0.414. The molecule has 0 spiro atoms. The second kappa shape index (κ2) is 7.39. The van der Waals surface area contributed by atoms with Gasteiger partial charge in [-0.15, -0.1) is 0 Å². The molecule has 1 saturated carbocycles. The van der Waals surface area contributed by atoms with Gasteiger partial charge in [-0.2, -0.15) is 0 Å². The highest BCUT2D eigenvalue weighted by Gasteiger charge is 2.34. The molecule has 5 rings (SSSR count). The summed E-state index contributed by atoms with van der Waals surface area (Å²) in [5.74, 6) is 0.350. The molecule has 2 N–H and O–H groups in total. The van der Waals surface area contributed by atoms with Gasteiger partial charge in [-0.1, -0.05) is 6.92 Å². The minimum atomic E-state index is -0.478. The summed E-state index contributed by atoms with van der Waals surface area (Å²) in [4.78, 5) is 28.0. The van der Waals surface area contributed by atoms with Gasteiger partial charge in [-0.05, 0) is 55.9 Å². The fourth-order valence-corrected chi connectivity index (χ4v) is 5.56. The first-order valence-electron chi connectivity index (χ1n) is 10.5. The number of H-pyrrole nitrogens is 1. The number of nitrogens with one attached hydrogen (secondary N) is 2. The van der Waals surface area contributed by atoms with E-state index in [1.807, 2.05) is 9.47 Å². The Hall–Kier alpha value is -2.39. The average molecular weight is 433 g/mol. The zero-order valence-electron chi connectivity index (χ0n) is 17.1. The van der Waals surface area contributed by atoms with E-state index in [0.717, 1.165) is 57.0 Å². The number of aromatic amines is 1. The van der Waals surface area contributed by atoms with Crippen molar-refractivity contribution in [2.24, 2.45) is 5.92 Å². The Morgan fingerprint density at radius 3 is 2.83 bits per heavy atom. The van der Waals surface area contributed by atoms with Crippen LogP contribution in [0.15, 0.2) is 15.7 Å². The van der Waals surface area contributed by atoms with E-state index in [-0.39, 0.29) is 16.8 Å². The van der Waals surface area contributed by atoms with Crippen LogP contribution >= 0.6 is 11.5 Å². The molecule has 1 aromatic carbocycles. The third-order valence-corrected chi connectivity index (χ3v) is 7.08. The van der Waals surface area contributed by atoms with Crippen molar-refractivity contribution < 1.29 is 9.13 Å². The highest BCUT2D eigenvalue weighted by Crippen LogP contribution is 2.46. The van der Waals surface area contributed by atoms with E-state index in [1.54, 1.807) is 0 Å². The quantitative estimate of drug-likeness (QED) is 0.626. The fraction of sp³-hybridized carbons (Fsp3) is 0.524. The number of halogens is 1. The molecular formula is C21H25FN4O3S. The van der Waals surface area contributed by atoms with Gasteiger partial charge in [0.25, 0.3) is 5.56 Å². The Bertz CT molecular complexity index is 1240. The summed E-state index contributed by atoms with van der Waals surface area (Å²) in [5.41, 5.74) is 0.166. The number of benzene rings is 1. The average Bonchev–Trinajstić information content (AvgIpc) is 3.34. The lowest BCUT2D eigenvalue weighted by Crippen LogP contribution is -2.27. The Morgan fingerprint density at radius 2 is 2.13 bits per heavy atom. The van der Waals surface area contributed by atoms with Crippen LogP contribution in [-0.4, -0.2) is 42.2 Å². The van der Waals surface area contributed by atoms with E-state index in [9.17, 15) is 9.59 Å². The lowest BCUT2D eigenvalue weighted by atomic mass is 10.1. The van der Waals surface area contributed by atoms with Crippen molar-refractivity contribution in [3.8, 4) is 5.75 Å². The molecule has 0 unspecified atom stereocenters. The number of ether oxygens (including phenoxy) is 1. The van der Waals surface area contributed by atoms with Gasteiger partial charge < -0.3 is 19.5 Å². The SMILES string of the molecule is CCNC[C@@H]1CCN(c2c(F)cc3c(=O)c4c(=O)[nH]sc4n(C4CC4)c3c2OC)C1. The van der Waals surface area contributed by atoms with Crippen LogP contribution in [0.5, 0.6) is 5.75 Å². The molecule has 1 atom stereocenters. The van der Waals surface area contributed by atoms with Crippen molar-refractivity contribution in [3.63, 3.8) is 0 Å². The zero-order valence-corrected chi connectivity index (χ0v) is 17.9. The smallest absolute Gasteiger partial charge is 0.271 e. The van der Waals surface area contributed by atoms with Gasteiger partial charge in [0.15, 0.2) is 11.6 Å². The molecule has 0 radical (unpaired) electrons. The Labute approximate surface area is 176 Å². The van der Waals surface area contributed by atoms with Crippen LogP contribution in [0, 0.1) is 11.7 Å².